The average molecular weight is 517 g/mol. The van der Waals surface area contributed by atoms with E-state index in [0.29, 0.717) is 31.4 Å². The Morgan fingerprint density at radius 1 is 1.16 bits per heavy atom. The number of carboxylic acid groups (broad SMARTS) is 2. The van der Waals surface area contributed by atoms with Gasteiger partial charge in [-0.3, -0.25) is 9.36 Å². The smallest absolute Gasteiger partial charge is 0.414 e. The summed E-state index contributed by atoms with van der Waals surface area (Å²) in [6.45, 7) is 7.49. The summed E-state index contributed by atoms with van der Waals surface area (Å²) in [5, 5.41) is 21.4. The normalized spacial score (nSPS) is 14.1. The van der Waals surface area contributed by atoms with Crippen molar-refractivity contribution in [3.63, 3.8) is 0 Å². The van der Waals surface area contributed by atoms with E-state index in [1.54, 1.807) is 12.3 Å². The van der Waals surface area contributed by atoms with E-state index in [9.17, 15) is 4.79 Å². The van der Waals surface area contributed by atoms with E-state index in [1.807, 2.05) is 19.1 Å². The second-order valence-electron chi connectivity index (χ2n) is 8.27. The third kappa shape index (κ3) is 8.29. The van der Waals surface area contributed by atoms with Crippen molar-refractivity contribution in [3.8, 4) is 0 Å². The minimum Gasteiger partial charge on any atom is -0.473 e. The van der Waals surface area contributed by atoms with Gasteiger partial charge in [0.2, 0.25) is 5.95 Å². The molecule has 3 aromatic heterocycles. The molecule has 3 aromatic rings. The number of pyridine rings is 1. The van der Waals surface area contributed by atoms with Crippen LogP contribution < -0.4 is 10.6 Å². The van der Waals surface area contributed by atoms with Gasteiger partial charge in [-0.05, 0) is 38.0 Å². The second kappa shape index (κ2) is 13.9. The predicted molar refractivity (Wildman–Crippen MR) is 133 cm³/mol. The van der Waals surface area contributed by atoms with E-state index in [1.165, 1.54) is 12.5 Å². The van der Waals surface area contributed by atoms with Crippen molar-refractivity contribution in [2.75, 3.05) is 44.7 Å². The molecule has 4 heterocycles. The molecule has 200 valence electrons. The number of nitrogens with zero attached hydrogens (tertiary/aromatic N) is 4. The molecule has 0 aliphatic carbocycles. The number of aliphatic carboxylic acids is 2. The maximum atomic E-state index is 12.0. The maximum Gasteiger partial charge on any atom is 0.414 e. The number of aromatic nitrogens is 3. The number of anilines is 1. The number of carbonyl (C=O) groups is 3. The fourth-order valence-electron chi connectivity index (χ4n) is 3.89. The van der Waals surface area contributed by atoms with Crippen molar-refractivity contribution in [1.29, 1.82) is 0 Å². The number of amides is 1. The van der Waals surface area contributed by atoms with Gasteiger partial charge in [0, 0.05) is 45.0 Å². The zero-order valence-corrected chi connectivity index (χ0v) is 20.6. The van der Waals surface area contributed by atoms with Gasteiger partial charge < -0.3 is 34.9 Å². The largest absolute Gasteiger partial charge is 0.473 e. The van der Waals surface area contributed by atoms with Crippen LogP contribution in [0.3, 0.4) is 0 Å². The molecule has 1 saturated heterocycles. The minimum absolute atomic E-state index is 0.0927. The van der Waals surface area contributed by atoms with Crippen molar-refractivity contribution < 1.29 is 33.8 Å². The summed E-state index contributed by atoms with van der Waals surface area (Å²) in [6, 6.07) is 5.93. The lowest BCUT2D eigenvalue weighted by Gasteiger charge is -2.32. The first kappa shape index (κ1) is 27.6. The Morgan fingerprint density at radius 2 is 1.92 bits per heavy atom. The number of ether oxygens (including phenoxy) is 1. The van der Waals surface area contributed by atoms with E-state index in [2.05, 4.69) is 25.1 Å². The van der Waals surface area contributed by atoms with E-state index < -0.39 is 11.9 Å². The third-order valence-corrected chi connectivity index (χ3v) is 5.77. The van der Waals surface area contributed by atoms with Crippen LogP contribution in [0.2, 0.25) is 0 Å². The quantitative estimate of drug-likeness (QED) is 0.227. The molecule has 0 bridgehead atoms. The number of hydrogen-bond donors (Lipinski definition) is 4. The van der Waals surface area contributed by atoms with Crippen LogP contribution in [0, 0.1) is 0 Å². The summed E-state index contributed by atoms with van der Waals surface area (Å²) in [4.78, 5) is 41.8. The van der Waals surface area contributed by atoms with Crippen LogP contribution in [0.25, 0.3) is 11.2 Å². The highest BCUT2D eigenvalue weighted by Gasteiger charge is 2.21. The Balaban J connectivity index is 0.000000568. The van der Waals surface area contributed by atoms with E-state index in [0.717, 1.165) is 56.1 Å². The topological polar surface area (TPSA) is 172 Å². The fourth-order valence-corrected chi connectivity index (χ4v) is 3.89. The Labute approximate surface area is 213 Å². The summed E-state index contributed by atoms with van der Waals surface area (Å²) in [6.07, 6.45) is 6.82. The molecule has 0 unspecified atom stereocenters. The van der Waals surface area contributed by atoms with Crippen LogP contribution in [0.5, 0.6) is 0 Å². The average Bonchev–Trinajstić information content (AvgIpc) is 3.54. The number of nitrogens with one attached hydrogen (secondary N) is 2. The SMILES string of the molecule is CCOCCn1c(NC2CCN(CCNC(=O)c3ccoc3)CC2)nc2cccnc21.O=C(O)C(=O)O. The first-order chi connectivity index (χ1) is 17.9. The summed E-state index contributed by atoms with van der Waals surface area (Å²) in [7, 11) is 0. The zero-order chi connectivity index (χ0) is 26.6. The van der Waals surface area contributed by atoms with Gasteiger partial charge in [-0.25, -0.2) is 19.6 Å². The Morgan fingerprint density at radius 3 is 2.57 bits per heavy atom. The van der Waals surface area contributed by atoms with E-state index in [-0.39, 0.29) is 5.91 Å². The van der Waals surface area contributed by atoms with Gasteiger partial charge in [0.1, 0.15) is 11.8 Å². The molecule has 0 atom stereocenters. The van der Waals surface area contributed by atoms with Gasteiger partial charge in [-0.2, -0.15) is 0 Å². The Hall–Kier alpha value is -3.97. The number of furan rings is 1. The van der Waals surface area contributed by atoms with Crippen LogP contribution in [-0.4, -0.2) is 92.9 Å². The fraction of sp³-hybridized carbons (Fsp3) is 0.458. The van der Waals surface area contributed by atoms with Crippen LogP contribution in [0.4, 0.5) is 5.95 Å². The van der Waals surface area contributed by atoms with Crippen LogP contribution in [-0.2, 0) is 20.9 Å². The summed E-state index contributed by atoms with van der Waals surface area (Å²) in [5.74, 6) is -2.88. The van der Waals surface area contributed by atoms with Crippen molar-refractivity contribution in [2.45, 2.75) is 32.4 Å². The van der Waals surface area contributed by atoms with E-state index in [4.69, 9.17) is 33.9 Å². The first-order valence-electron chi connectivity index (χ1n) is 12.0. The van der Waals surface area contributed by atoms with Gasteiger partial charge in [0.25, 0.3) is 5.91 Å². The third-order valence-electron chi connectivity index (χ3n) is 5.77. The number of likely N-dealkylation sites (tertiary alicyclic amines) is 1. The standard InChI is InChI=1S/C22H30N6O3.C2H2O4/c1-2-30-15-13-28-20-19(4-3-8-23-20)26-22(28)25-18-5-10-27(11-6-18)12-9-24-21(29)17-7-14-31-16-17;3-1(4)2(5)6/h3-4,7-8,14,16,18H,2,5-6,9-13,15H2,1H3,(H,24,29)(H,25,26);(H,3,4)(H,5,6). The molecular formula is C24H32N6O7. The molecule has 37 heavy (non-hydrogen) atoms. The molecule has 1 aliphatic heterocycles. The molecule has 0 aromatic carbocycles. The van der Waals surface area contributed by atoms with Gasteiger partial charge in [-0.15, -0.1) is 0 Å². The van der Waals surface area contributed by atoms with Gasteiger partial charge >= 0.3 is 11.9 Å². The summed E-state index contributed by atoms with van der Waals surface area (Å²) in [5.41, 5.74) is 2.34. The number of carboxylic acids is 2. The molecular weight excluding hydrogens is 484 g/mol. The molecule has 13 heteroatoms. The molecule has 13 nitrogen and oxygen atoms in total. The number of imidazole rings is 1. The monoisotopic (exact) mass is 516 g/mol. The molecule has 1 amide bonds. The first-order valence-corrected chi connectivity index (χ1v) is 12.0. The number of carbonyl (C=O) groups excluding carboxylic acids is 1. The Kier molecular flexibility index (Phi) is 10.4. The maximum absolute atomic E-state index is 12.0. The van der Waals surface area contributed by atoms with Gasteiger partial charge in [0.05, 0.1) is 25.0 Å². The van der Waals surface area contributed by atoms with E-state index >= 15 is 0 Å². The van der Waals surface area contributed by atoms with Crippen LogP contribution in [0.1, 0.15) is 30.1 Å². The second-order valence-corrected chi connectivity index (χ2v) is 8.27. The van der Waals surface area contributed by atoms with Crippen molar-refractivity contribution in [3.05, 3.63) is 42.5 Å². The lowest BCUT2D eigenvalue weighted by molar-refractivity contribution is -0.159. The van der Waals surface area contributed by atoms with Gasteiger partial charge in [0.15, 0.2) is 5.65 Å². The lowest BCUT2D eigenvalue weighted by atomic mass is 10.1. The minimum atomic E-state index is -1.82. The highest BCUT2D eigenvalue weighted by atomic mass is 16.5. The number of rotatable bonds is 10. The number of fused-ring (bicyclic) bond motifs is 1. The van der Waals surface area contributed by atoms with Crippen molar-refractivity contribution in [1.82, 2.24) is 24.8 Å². The van der Waals surface area contributed by atoms with Crippen molar-refractivity contribution in [2.24, 2.45) is 0 Å². The van der Waals surface area contributed by atoms with Crippen molar-refractivity contribution >= 4 is 35.0 Å². The molecule has 0 saturated carbocycles. The lowest BCUT2D eigenvalue weighted by Crippen LogP contribution is -2.43. The number of piperidine rings is 1. The molecule has 4 rings (SSSR count). The highest BCUT2D eigenvalue weighted by molar-refractivity contribution is 6.27. The molecule has 0 radical (unpaired) electrons. The van der Waals surface area contributed by atoms with Gasteiger partial charge in [-0.1, -0.05) is 0 Å². The molecule has 1 fully saturated rings. The summed E-state index contributed by atoms with van der Waals surface area (Å²) >= 11 is 0. The van der Waals surface area contributed by atoms with Crippen LogP contribution >= 0.6 is 0 Å². The molecule has 0 spiro atoms. The molecule has 1 aliphatic rings. The predicted octanol–water partition coefficient (Wildman–Crippen LogP) is 1.52. The Bertz CT molecular complexity index is 1140. The number of hydrogen-bond acceptors (Lipinski definition) is 9. The summed E-state index contributed by atoms with van der Waals surface area (Å²) < 4.78 is 12.6. The molecule has 4 N–H and O–H groups in total. The van der Waals surface area contributed by atoms with Crippen LogP contribution in [0.15, 0.2) is 41.3 Å². The highest BCUT2D eigenvalue weighted by Crippen LogP contribution is 2.21. The zero-order valence-electron chi connectivity index (χ0n) is 20.6.